The van der Waals surface area contributed by atoms with E-state index in [9.17, 15) is 0 Å². The molecule has 6 aromatic rings. The molecule has 4 aromatic carbocycles. The predicted molar refractivity (Wildman–Crippen MR) is 208 cm³/mol. The van der Waals surface area contributed by atoms with E-state index < -0.39 is 23.2 Å². The van der Waals surface area contributed by atoms with E-state index in [4.69, 9.17) is 8.83 Å². The minimum Gasteiger partial charge on any atom is -1.00 e. The maximum Gasteiger partial charge on any atom is -1.00 e. The Balaban J connectivity index is 0.00000240. The smallest absolute Gasteiger partial charge is 1.00 e. The van der Waals surface area contributed by atoms with Crippen molar-refractivity contribution < 1.29 is 56.9 Å². The first-order valence-corrected chi connectivity index (χ1v) is 21.2. The third kappa shape index (κ3) is 7.96. The van der Waals surface area contributed by atoms with Gasteiger partial charge in [-0.05, 0) is 0 Å². The van der Waals surface area contributed by atoms with Gasteiger partial charge < -0.3 is 24.8 Å². The van der Waals surface area contributed by atoms with Gasteiger partial charge in [-0.2, -0.15) is 0 Å². The predicted octanol–water partition coefficient (Wildman–Crippen LogP) is 7.27. The van der Waals surface area contributed by atoms with Crippen LogP contribution in [-0.2, 0) is 36.1 Å². The topological polar surface area (TPSA) is 26.3 Å². The summed E-state index contributed by atoms with van der Waals surface area (Å²) in [5.74, 6) is 4.28. The van der Waals surface area contributed by atoms with Crippen LogP contribution in [0.15, 0.2) is 125 Å². The Kier molecular flexibility index (Phi) is 12.7. The summed E-state index contributed by atoms with van der Waals surface area (Å²) in [6.07, 6.45) is 12.2. The number of hydrogen-bond donors (Lipinski definition) is 0. The Morgan fingerprint density at radius 1 is 0.509 bits per heavy atom. The van der Waals surface area contributed by atoms with Crippen molar-refractivity contribution in [2.75, 3.05) is 0 Å². The molecule has 0 fully saturated rings. The van der Waals surface area contributed by atoms with Crippen LogP contribution in [0.5, 0.6) is 0 Å². The third-order valence-electron chi connectivity index (χ3n) is 10.7. The van der Waals surface area contributed by atoms with Crippen LogP contribution < -0.4 is 24.8 Å². The second-order valence-electron chi connectivity index (χ2n) is 14.3. The van der Waals surface area contributed by atoms with Crippen molar-refractivity contribution in [3.8, 4) is 22.3 Å². The fraction of sp³-hybridized carbons (Fsp3) is 0.250. The first kappa shape index (κ1) is 39.1. The maximum atomic E-state index is 6.45. The summed E-state index contributed by atoms with van der Waals surface area (Å²) in [5.41, 5.74) is 13.4. The van der Waals surface area contributed by atoms with E-state index in [1.165, 1.54) is 87.9 Å². The minimum absolute atomic E-state index is 0. The van der Waals surface area contributed by atoms with Crippen molar-refractivity contribution in [1.29, 1.82) is 0 Å². The molecule has 268 valence electrons. The summed E-state index contributed by atoms with van der Waals surface area (Å²) in [6.45, 7) is 8.64. The van der Waals surface area contributed by atoms with Gasteiger partial charge in [0, 0.05) is 0 Å². The molecule has 2 atom stereocenters. The summed E-state index contributed by atoms with van der Waals surface area (Å²) in [4.78, 5) is 0. The van der Waals surface area contributed by atoms with Crippen LogP contribution in [0.2, 0.25) is 0 Å². The molecule has 0 N–H and O–H groups in total. The molecular weight excluding hydrogens is 771 g/mol. The van der Waals surface area contributed by atoms with E-state index >= 15 is 0 Å². The van der Waals surface area contributed by atoms with Gasteiger partial charge in [-0.15, -0.1) is 0 Å². The molecule has 0 radical (unpaired) electrons. The molecule has 0 saturated heterocycles. The summed E-state index contributed by atoms with van der Waals surface area (Å²) in [7, 11) is 0. The molecule has 0 amide bonds. The molecule has 8 rings (SSSR count). The molecule has 0 bridgehead atoms. The molecule has 0 aliphatic heterocycles. The van der Waals surface area contributed by atoms with Gasteiger partial charge in [-0.25, -0.2) is 0 Å². The Bertz CT molecular complexity index is 2080. The number of furan rings is 2. The van der Waals surface area contributed by atoms with Crippen LogP contribution in [0, 0.1) is 13.8 Å². The summed E-state index contributed by atoms with van der Waals surface area (Å²) in [6, 6.07) is 40.9. The quantitative estimate of drug-likeness (QED) is 0.130. The number of unbranched alkanes of at least 4 members (excludes halogenated alkanes) is 2. The molecule has 2 heterocycles. The summed E-state index contributed by atoms with van der Waals surface area (Å²) in [5, 5.41) is 0. The normalized spacial score (nSPS) is 15.5. The molecule has 5 heteroatoms. The van der Waals surface area contributed by atoms with Crippen molar-refractivity contribution in [3.63, 3.8) is 0 Å². The fourth-order valence-electron chi connectivity index (χ4n) is 7.99. The average molecular weight is 817 g/mol. The first-order chi connectivity index (χ1) is 25.0. The third-order valence-corrected chi connectivity index (χ3v) is 14.2. The largest absolute Gasteiger partial charge is 1.00 e. The van der Waals surface area contributed by atoms with Crippen molar-refractivity contribution >= 4 is 12.2 Å². The summed E-state index contributed by atoms with van der Waals surface area (Å²) < 4.78 is 16.0. The van der Waals surface area contributed by atoms with Crippen molar-refractivity contribution in [2.24, 2.45) is 0 Å². The molecule has 0 saturated carbocycles. The van der Waals surface area contributed by atoms with Crippen molar-refractivity contribution in [3.05, 3.63) is 172 Å². The maximum absolute atomic E-state index is 6.45. The van der Waals surface area contributed by atoms with E-state index in [-0.39, 0.29) is 36.6 Å². The van der Waals surface area contributed by atoms with Gasteiger partial charge in [0.1, 0.15) is 0 Å². The van der Waals surface area contributed by atoms with E-state index in [2.05, 4.69) is 149 Å². The number of benzene rings is 4. The van der Waals surface area contributed by atoms with Gasteiger partial charge in [0.25, 0.3) is 0 Å². The van der Waals surface area contributed by atoms with Crippen LogP contribution in [-0.4, -0.2) is 0 Å². The molecule has 2 unspecified atom stereocenters. The average Bonchev–Trinajstić information content (AvgIpc) is 3.95. The zero-order valence-corrected chi connectivity index (χ0v) is 35.0. The van der Waals surface area contributed by atoms with Crippen LogP contribution in [0.1, 0.15) is 108 Å². The molecule has 2 aliphatic carbocycles. The number of fused-ring (bicyclic) bond motifs is 2. The molecule has 53 heavy (non-hydrogen) atoms. The van der Waals surface area contributed by atoms with Crippen molar-refractivity contribution in [1.82, 2.24) is 0 Å². The van der Waals surface area contributed by atoms with Gasteiger partial charge in [0.05, 0.1) is 0 Å². The second kappa shape index (κ2) is 17.2. The van der Waals surface area contributed by atoms with E-state index in [0.717, 1.165) is 35.9 Å². The van der Waals surface area contributed by atoms with Gasteiger partial charge in [0.2, 0.25) is 0 Å². The zero-order valence-electron chi connectivity index (χ0n) is 31.0. The number of aryl methyl sites for hydroxylation is 4. The Morgan fingerprint density at radius 3 is 1.28 bits per heavy atom. The van der Waals surface area contributed by atoms with Crippen molar-refractivity contribution in [2.45, 2.75) is 78.1 Å². The SMILES string of the molecule is CCCCc1ccc(-c2cccc3c2C=[C]([Zr+2][C]2=Cc4c(-c5ccc(CCCC)cc5)cccc4C2c2ccc(C)o2)C3c2ccc(C)o2)cc1.[Cl-].[Cl-]. The van der Waals surface area contributed by atoms with Gasteiger partial charge in [-0.3, -0.25) is 0 Å². The van der Waals surface area contributed by atoms with Crippen LogP contribution in [0.3, 0.4) is 0 Å². The van der Waals surface area contributed by atoms with Crippen LogP contribution >= 0.6 is 0 Å². The Hall–Kier alpha value is -3.62. The van der Waals surface area contributed by atoms with E-state index in [1.807, 2.05) is 0 Å². The van der Waals surface area contributed by atoms with Crippen LogP contribution in [0.4, 0.5) is 0 Å². The Labute approximate surface area is 339 Å². The summed E-state index contributed by atoms with van der Waals surface area (Å²) >= 11 is -1.35. The molecule has 2 nitrogen and oxygen atoms in total. The molecular formula is C48H46Cl2O2Zr. The van der Waals surface area contributed by atoms with Gasteiger partial charge >= 0.3 is 317 Å². The van der Waals surface area contributed by atoms with Gasteiger partial charge in [-0.1, -0.05) is 0 Å². The molecule has 2 aliphatic rings. The van der Waals surface area contributed by atoms with E-state index in [1.54, 1.807) is 0 Å². The van der Waals surface area contributed by atoms with E-state index in [0.29, 0.717) is 0 Å². The van der Waals surface area contributed by atoms with Gasteiger partial charge in [0.15, 0.2) is 0 Å². The molecule has 2 aromatic heterocycles. The minimum atomic E-state index is -1.35. The number of allylic oxidation sites excluding steroid dienone is 2. The van der Waals surface area contributed by atoms with Crippen LogP contribution in [0.25, 0.3) is 34.4 Å². The number of halogens is 2. The zero-order chi connectivity index (χ0) is 34.9. The number of hydrogen-bond acceptors (Lipinski definition) is 2. The number of rotatable bonds is 12. The standard InChI is InChI=1S/2C24H23O.2ClH.Zr/c2*1-3-4-6-18-10-12-19(13-11-18)20-7-5-8-21-22(20)14-15-23(21)24-16-9-17(2)25-24;;;/h2*5,7-14,16,23H,3-4,6H2,1-2H3;2*1H;/q;;;;+2/p-2. The Morgan fingerprint density at radius 2 is 0.925 bits per heavy atom. The first-order valence-electron chi connectivity index (χ1n) is 18.8. The second-order valence-corrected chi connectivity index (χ2v) is 17.8. The molecule has 0 spiro atoms. The fourth-order valence-corrected chi connectivity index (χ4v) is 12.0. The monoisotopic (exact) mass is 814 g/mol.